The number of hydrogen-bond donors (Lipinski definition) is 1. The van der Waals surface area contributed by atoms with Gasteiger partial charge in [-0.2, -0.15) is 5.26 Å². The number of rotatable bonds is 3. The highest BCUT2D eigenvalue weighted by Gasteiger charge is 2.23. The third-order valence-electron chi connectivity index (χ3n) is 2.15. The summed E-state index contributed by atoms with van der Waals surface area (Å²) < 4.78 is 25.6. The van der Waals surface area contributed by atoms with E-state index in [0.717, 1.165) is 5.69 Å². The summed E-state index contributed by atoms with van der Waals surface area (Å²) in [6.45, 7) is 7.33. The minimum Gasteiger partial charge on any atom is -0.258 e. The Morgan fingerprint density at radius 1 is 1.53 bits per heavy atom. The molecule has 1 N–H and O–H groups in total. The molecule has 0 radical (unpaired) electrons. The number of thiazole rings is 1. The SMILES string of the molecule is CC(C#N)S(=O)(=O)Nc1nc(C(C)(C)C)cs1. The van der Waals surface area contributed by atoms with Gasteiger partial charge in [-0.1, -0.05) is 20.8 Å². The molecule has 0 aromatic carbocycles. The van der Waals surface area contributed by atoms with Gasteiger partial charge in [0.1, 0.15) is 0 Å². The second-order valence-electron chi connectivity index (χ2n) is 4.71. The molecular weight excluding hydrogens is 258 g/mol. The quantitative estimate of drug-likeness (QED) is 0.914. The molecule has 0 saturated carbocycles. The van der Waals surface area contributed by atoms with Crippen LogP contribution in [0.5, 0.6) is 0 Å². The molecule has 1 aromatic rings. The fourth-order valence-electron chi connectivity index (χ4n) is 0.945. The van der Waals surface area contributed by atoms with Gasteiger partial charge in [0.05, 0.1) is 11.8 Å². The van der Waals surface area contributed by atoms with Crippen LogP contribution in [0.4, 0.5) is 5.13 Å². The zero-order chi connectivity index (χ0) is 13.3. The summed E-state index contributed by atoms with van der Waals surface area (Å²) in [5, 5.41) is 9.62. The second-order valence-corrected chi connectivity index (χ2v) is 7.57. The van der Waals surface area contributed by atoms with Crippen molar-refractivity contribution in [3.05, 3.63) is 11.1 Å². The van der Waals surface area contributed by atoms with Crippen molar-refractivity contribution < 1.29 is 8.42 Å². The van der Waals surface area contributed by atoms with E-state index in [9.17, 15) is 8.42 Å². The topological polar surface area (TPSA) is 82.8 Å². The van der Waals surface area contributed by atoms with E-state index in [1.54, 1.807) is 6.07 Å². The van der Waals surface area contributed by atoms with E-state index in [4.69, 9.17) is 5.26 Å². The Morgan fingerprint density at radius 2 is 2.12 bits per heavy atom. The van der Waals surface area contributed by atoms with Gasteiger partial charge in [-0.05, 0) is 6.92 Å². The van der Waals surface area contributed by atoms with Crippen molar-refractivity contribution in [2.75, 3.05) is 4.72 Å². The maximum absolute atomic E-state index is 11.6. The maximum Gasteiger partial charge on any atom is 0.250 e. The highest BCUT2D eigenvalue weighted by molar-refractivity contribution is 7.93. The van der Waals surface area contributed by atoms with Crippen molar-refractivity contribution in [3.8, 4) is 6.07 Å². The third-order valence-corrected chi connectivity index (χ3v) is 4.55. The Hall–Kier alpha value is -1.13. The largest absolute Gasteiger partial charge is 0.258 e. The summed E-state index contributed by atoms with van der Waals surface area (Å²) in [6.07, 6.45) is 0. The number of sulfonamides is 1. The van der Waals surface area contributed by atoms with E-state index in [-0.39, 0.29) is 5.41 Å². The fourth-order valence-corrected chi connectivity index (χ4v) is 2.87. The Kier molecular flexibility index (Phi) is 3.79. The summed E-state index contributed by atoms with van der Waals surface area (Å²) >= 11 is 1.22. The number of anilines is 1. The summed E-state index contributed by atoms with van der Waals surface area (Å²) in [7, 11) is -3.66. The van der Waals surface area contributed by atoms with E-state index in [1.807, 2.05) is 26.2 Å². The standard InChI is InChI=1S/C10H15N3O2S2/c1-7(5-11)17(14,15)13-9-12-8(6-16-9)10(2,3)4/h6-7H,1-4H3,(H,12,13). The Labute approximate surface area is 106 Å². The molecule has 0 aliphatic heterocycles. The zero-order valence-corrected chi connectivity index (χ0v) is 11.8. The van der Waals surface area contributed by atoms with Crippen LogP contribution < -0.4 is 4.72 Å². The molecule has 0 aliphatic carbocycles. The van der Waals surface area contributed by atoms with Crippen LogP contribution in [0.25, 0.3) is 0 Å². The van der Waals surface area contributed by atoms with Crippen LogP contribution in [0, 0.1) is 11.3 Å². The van der Waals surface area contributed by atoms with Gasteiger partial charge in [0.25, 0.3) is 10.0 Å². The van der Waals surface area contributed by atoms with Crippen LogP contribution in [-0.2, 0) is 15.4 Å². The first-order valence-corrected chi connectivity index (χ1v) is 7.46. The predicted molar refractivity (Wildman–Crippen MR) is 68.4 cm³/mol. The van der Waals surface area contributed by atoms with E-state index in [1.165, 1.54) is 18.3 Å². The first kappa shape index (κ1) is 13.9. The summed E-state index contributed by atoms with van der Waals surface area (Å²) in [5.74, 6) is 0. The molecule has 0 saturated heterocycles. The molecule has 94 valence electrons. The van der Waals surface area contributed by atoms with Gasteiger partial charge >= 0.3 is 0 Å². The maximum atomic E-state index is 11.6. The van der Waals surface area contributed by atoms with Crippen molar-refractivity contribution in [2.24, 2.45) is 0 Å². The Bertz CT molecular complexity index is 535. The lowest BCUT2D eigenvalue weighted by atomic mass is 9.93. The van der Waals surface area contributed by atoms with Gasteiger partial charge in [0, 0.05) is 10.8 Å². The Balaban J connectivity index is 2.92. The normalized spacial score (nSPS) is 14.1. The molecule has 5 nitrogen and oxygen atoms in total. The molecular formula is C10H15N3O2S2. The van der Waals surface area contributed by atoms with Gasteiger partial charge in [0.2, 0.25) is 0 Å². The first-order valence-electron chi connectivity index (χ1n) is 5.04. The van der Waals surface area contributed by atoms with E-state index < -0.39 is 15.3 Å². The predicted octanol–water partition coefficient (Wildman–Crippen LogP) is 2.09. The van der Waals surface area contributed by atoms with Crippen LogP contribution in [-0.4, -0.2) is 18.7 Å². The number of nitrogens with one attached hydrogen (secondary N) is 1. The van der Waals surface area contributed by atoms with Crippen molar-refractivity contribution in [1.29, 1.82) is 5.26 Å². The molecule has 7 heteroatoms. The van der Waals surface area contributed by atoms with Crippen molar-refractivity contribution in [2.45, 2.75) is 38.4 Å². The summed E-state index contributed by atoms with van der Waals surface area (Å²) in [6, 6.07) is 1.69. The van der Waals surface area contributed by atoms with Crippen LogP contribution in [0.15, 0.2) is 5.38 Å². The molecule has 0 aliphatic rings. The minimum atomic E-state index is -3.66. The minimum absolute atomic E-state index is 0.124. The zero-order valence-electron chi connectivity index (χ0n) is 10.2. The lowest BCUT2D eigenvalue weighted by Crippen LogP contribution is -2.24. The molecule has 1 aromatic heterocycles. The molecule has 1 atom stereocenters. The lowest BCUT2D eigenvalue weighted by molar-refractivity contribution is 0.573. The van der Waals surface area contributed by atoms with Crippen molar-refractivity contribution in [1.82, 2.24) is 4.98 Å². The lowest BCUT2D eigenvalue weighted by Gasteiger charge is -2.14. The molecule has 1 unspecified atom stereocenters. The smallest absolute Gasteiger partial charge is 0.250 e. The van der Waals surface area contributed by atoms with Gasteiger partial charge in [-0.25, -0.2) is 13.4 Å². The average Bonchev–Trinajstić information content (AvgIpc) is 2.63. The van der Waals surface area contributed by atoms with E-state index in [2.05, 4.69) is 9.71 Å². The highest BCUT2D eigenvalue weighted by Crippen LogP contribution is 2.27. The van der Waals surface area contributed by atoms with Crippen LogP contribution >= 0.6 is 11.3 Å². The first-order chi connectivity index (χ1) is 7.66. The van der Waals surface area contributed by atoms with E-state index in [0.29, 0.717) is 5.13 Å². The number of nitrogens with zero attached hydrogens (tertiary/aromatic N) is 2. The molecule has 0 fully saturated rings. The third kappa shape index (κ3) is 3.41. The van der Waals surface area contributed by atoms with Crippen LogP contribution in [0.2, 0.25) is 0 Å². The molecule has 1 heterocycles. The average molecular weight is 273 g/mol. The number of aromatic nitrogens is 1. The van der Waals surface area contributed by atoms with E-state index >= 15 is 0 Å². The van der Waals surface area contributed by atoms with Crippen LogP contribution in [0.3, 0.4) is 0 Å². The summed E-state index contributed by atoms with van der Waals surface area (Å²) in [4.78, 5) is 4.20. The van der Waals surface area contributed by atoms with Gasteiger partial charge in [-0.3, -0.25) is 4.72 Å². The van der Waals surface area contributed by atoms with Gasteiger partial charge < -0.3 is 0 Å². The monoisotopic (exact) mass is 273 g/mol. The fraction of sp³-hybridized carbons (Fsp3) is 0.600. The summed E-state index contributed by atoms with van der Waals surface area (Å²) in [5.41, 5.74) is 0.700. The molecule has 17 heavy (non-hydrogen) atoms. The highest BCUT2D eigenvalue weighted by atomic mass is 32.2. The molecule has 0 spiro atoms. The van der Waals surface area contributed by atoms with Crippen molar-refractivity contribution in [3.63, 3.8) is 0 Å². The number of hydrogen-bond acceptors (Lipinski definition) is 5. The second kappa shape index (κ2) is 4.63. The van der Waals surface area contributed by atoms with Gasteiger partial charge in [-0.15, -0.1) is 11.3 Å². The molecule has 0 amide bonds. The van der Waals surface area contributed by atoms with Gasteiger partial charge in [0.15, 0.2) is 10.4 Å². The molecule has 0 bridgehead atoms. The molecule has 1 rings (SSSR count). The Morgan fingerprint density at radius 3 is 2.53 bits per heavy atom. The van der Waals surface area contributed by atoms with Crippen LogP contribution in [0.1, 0.15) is 33.4 Å². The number of nitriles is 1. The van der Waals surface area contributed by atoms with Crippen molar-refractivity contribution >= 4 is 26.5 Å².